The van der Waals surface area contributed by atoms with Gasteiger partial charge in [0.25, 0.3) is 0 Å². The molecule has 0 radical (unpaired) electrons. The zero-order valence-electron chi connectivity index (χ0n) is 7.42. The summed E-state index contributed by atoms with van der Waals surface area (Å²) in [5, 5.41) is 0. The van der Waals surface area contributed by atoms with Crippen LogP contribution < -0.4 is 21.2 Å². The molecule has 0 saturated carbocycles. The summed E-state index contributed by atoms with van der Waals surface area (Å²) in [5.74, 6) is 0.772. The molecule has 0 N–H and O–H groups in total. The summed E-state index contributed by atoms with van der Waals surface area (Å²) in [6, 6.07) is 10.6. The van der Waals surface area contributed by atoms with Crippen molar-refractivity contribution in [1.82, 2.24) is 0 Å². The van der Waals surface area contributed by atoms with Crippen molar-refractivity contribution in [2.24, 2.45) is 0 Å². The highest BCUT2D eigenvalue weighted by atomic mass is 127. The summed E-state index contributed by atoms with van der Waals surface area (Å²) in [6.07, 6.45) is 4.47. The van der Waals surface area contributed by atoms with Gasteiger partial charge >= 0.3 is 21.2 Å². The minimum Gasteiger partial charge on any atom is -0.127 e. The molecular formula is C11H13ClI+. The topological polar surface area (TPSA) is 0 Å². The van der Waals surface area contributed by atoms with Crippen molar-refractivity contribution in [2.75, 3.05) is 5.88 Å². The van der Waals surface area contributed by atoms with E-state index in [2.05, 4.69) is 40.5 Å². The third kappa shape index (κ3) is 5.32. The van der Waals surface area contributed by atoms with Crippen LogP contribution in [0.2, 0.25) is 0 Å². The molecule has 0 spiro atoms. The number of unbranched alkanes of at least 4 members (excludes halogenated alkanes) is 1. The highest BCUT2D eigenvalue weighted by molar-refractivity contribution is 6.17. The van der Waals surface area contributed by atoms with Crippen molar-refractivity contribution >= 4 is 11.6 Å². The highest BCUT2D eigenvalue weighted by Gasteiger charge is 2.03. The molecule has 0 aliphatic carbocycles. The van der Waals surface area contributed by atoms with Crippen LogP contribution in [0.1, 0.15) is 12.8 Å². The van der Waals surface area contributed by atoms with Crippen molar-refractivity contribution in [1.29, 1.82) is 0 Å². The summed E-state index contributed by atoms with van der Waals surface area (Å²) >= 11 is 5.66. The molecule has 1 aromatic carbocycles. The Kier molecular flexibility index (Phi) is 6.29. The van der Waals surface area contributed by atoms with E-state index >= 15 is 0 Å². The molecule has 0 heterocycles. The van der Waals surface area contributed by atoms with Crippen LogP contribution in [0.5, 0.6) is 0 Å². The number of halogens is 2. The Labute approximate surface area is 95.3 Å². The molecule has 1 rings (SSSR count). The van der Waals surface area contributed by atoms with Crippen molar-refractivity contribution in [3.63, 3.8) is 0 Å². The minimum absolute atomic E-state index is 0.0853. The van der Waals surface area contributed by atoms with Crippen molar-refractivity contribution < 1.29 is 21.2 Å². The molecule has 0 saturated heterocycles. The monoisotopic (exact) mass is 307 g/mol. The minimum atomic E-state index is 0.0853. The molecule has 1 aromatic rings. The van der Waals surface area contributed by atoms with Gasteiger partial charge in [0.05, 0.1) is 0 Å². The lowest BCUT2D eigenvalue weighted by atomic mass is 10.3. The molecule has 0 aliphatic heterocycles. The van der Waals surface area contributed by atoms with Crippen molar-refractivity contribution in [3.8, 4) is 0 Å². The first-order chi connectivity index (χ1) is 6.43. The predicted molar refractivity (Wildman–Crippen MR) is 54.2 cm³/mol. The molecule has 0 unspecified atom stereocenters. The highest BCUT2D eigenvalue weighted by Crippen LogP contribution is 1.90. The van der Waals surface area contributed by atoms with Gasteiger partial charge in [-0.15, -0.1) is 11.6 Å². The number of rotatable bonds is 5. The quantitative estimate of drug-likeness (QED) is 0.422. The van der Waals surface area contributed by atoms with Gasteiger partial charge in [-0.2, -0.15) is 0 Å². The molecule has 0 amide bonds. The van der Waals surface area contributed by atoms with Crippen LogP contribution in [0.25, 0.3) is 0 Å². The molecule has 0 atom stereocenters. The smallest absolute Gasteiger partial charge is 0.127 e. The average molecular weight is 308 g/mol. The Balaban J connectivity index is 2.23. The van der Waals surface area contributed by atoms with E-state index in [-0.39, 0.29) is 21.2 Å². The molecule has 13 heavy (non-hydrogen) atoms. The summed E-state index contributed by atoms with van der Waals surface area (Å²) in [7, 11) is 0. The van der Waals surface area contributed by atoms with Gasteiger partial charge in [0.15, 0.2) is 7.65 Å². The number of benzene rings is 1. The average Bonchev–Trinajstić information content (AvgIpc) is 2.19. The van der Waals surface area contributed by atoms with Crippen LogP contribution in [0.3, 0.4) is 0 Å². The maximum atomic E-state index is 5.57. The summed E-state index contributed by atoms with van der Waals surface area (Å²) in [4.78, 5) is 0. The summed E-state index contributed by atoms with van der Waals surface area (Å²) < 4.78 is 3.80. The fourth-order valence-corrected chi connectivity index (χ4v) is 2.88. The lowest BCUT2D eigenvalue weighted by molar-refractivity contribution is -0.557. The second-order valence-electron chi connectivity index (χ2n) is 2.60. The van der Waals surface area contributed by atoms with Crippen LogP contribution in [0, 0.1) is 3.57 Å². The zero-order valence-corrected chi connectivity index (χ0v) is 10.3. The van der Waals surface area contributed by atoms with Crippen LogP contribution in [-0.4, -0.2) is 5.88 Å². The van der Waals surface area contributed by atoms with E-state index in [0.29, 0.717) is 0 Å². The zero-order chi connectivity index (χ0) is 9.36. The Hall–Kier alpha value is -0.0200. The van der Waals surface area contributed by atoms with E-state index in [1.807, 2.05) is 0 Å². The van der Waals surface area contributed by atoms with E-state index in [4.69, 9.17) is 11.6 Å². The lowest BCUT2D eigenvalue weighted by Crippen LogP contribution is -3.59. The fourth-order valence-electron chi connectivity index (χ4n) is 0.863. The Morgan fingerprint density at radius 2 is 2.00 bits per heavy atom. The molecular weight excluding hydrogens is 294 g/mol. The number of hydrogen-bond acceptors (Lipinski definition) is 0. The Morgan fingerprint density at radius 3 is 2.69 bits per heavy atom. The van der Waals surface area contributed by atoms with E-state index in [9.17, 15) is 0 Å². The van der Waals surface area contributed by atoms with Crippen LogP contribution in [0.15, 0.2) is 40.5 Å². The Bertz CT molecular complexity index is 244. The van der Waals surface area contributed by atoms with Gasteiger partial charge in [0.2, 0.25) is 0 Å². The first kappa shape index (κ1) is 11.1. The van der Waals surface area contributed by atoms with Crippen LogP contribution in [0.4, 0.5) is 0 Å². The molecule has 0 nitrogen and oxygen atoms in total. The standard InChI is InChI=1S/C11H13ClI/c12-9-5-2-6-10-13-11-7-3-1-4-8-11/h1,3-4,6-8,10H,2,5,9H2/q+1/b10-6+. The first-order valence-electron chi connectivity index (χ1n) is 4.33. The van der Waals surface area contributed by atoms with Gasteiger partial charge in [-0.25, -0.2) is 0 Å². The van der Waals surface area contributed by atoms with Gasteiger partial charge in [-0.3, -0.25) is 0 Å². The van der Waals surface area contributed by atoms with E-state index in [1.54, 1.807) is 0 Å². The number of hydrogen-bond donors (Lipinski definition) is 0. The SMILES string of the molecule is ClCCC/C=C/[I+]c1ccccc1. The maximum Gasteiger partial charge on any atom is 0.349 e. The van der Waals surface area contributed by atoms with E-state index in [0.717, 1.165) is 18.7 Å². The van der Waals surface area contributed by atoms with Crippen LogP contribution >= 0.6 is 11.6 Å². The van der Waals surface area contributed by atoms with E-state index in [1.165, 1.54) is 3.57 Å². The third-order valence-electron chi connectivity index (χ3n) is 1.52. The molecule has 2 heteroatoms. The normalized spacial score (nSPS) is 10.8. The number of allylic oxidation sites excluding steroid dienone is 1. The van der Waals surface area contributed by atoms with Crippen molar-refractivity contribution in [2.45, 2.75) is 12.8 Å². The third-order valence-corrected chi connectivity index (χ3v) is 4.09. The first-order valence-corrected chi connectivity index (χ1v) is 7.19. The van der Waals surface area contributed by atoms with Gasteiger partial charge in [-0.1, -0.05) is 18.2 Å². The van der Waals surface area contributed by atoms with E-state index < -0.39 is 0 Å². The molecule has 0 fully saturated rings. The van der Waals surface area contributed by atoms with Gasteiger partial charge in [0.1, 0.15) is 0 Å². The summed E-state index contributed by atoms with van der Waals surface area (Å²) in [6.45, 7) is 0. The fraction of sp³-hybridized carbons (Fsp3) is 0.273. The molecule has 0 bridgehead atoms. The van der Waals surface area contributed by atoms with Gasteiger partial charge in [0, 0.05) is 5.88 Å². The molecule has 0 aliphatic rings. The number of alkyl halides is 1. The summed E-state index contributed by atoms with van der Waals surface area (Å²) in [5.41, 5.74) is 0. The van der Waals surface area contributed by atoms with Crippen molar-refractivity contribution in [3.05, 3.63) is 44.1 Å². The second kappa shape index (κ2) is 7.39. The Morgan fingerprint density at radius 1 is 1.23 bits per heavy atom. The van der Waals surface area contributed by atoms with Gasteiger partial charge in [-0.05, 0) is 31.1 Å². The largest absolute Gasteiger partial charge is 0.349 e. The second-order valence-corrected chi connectivity index (χ2v) is 5.56. The lowest BCUT2D eigenvalue weighted by Gasteiger charge is -1.82. The molecule has 70 valence electrons. The predicted octanol–water partition coefficient (Wildman–Crippen LogP) is 0.478. The van der Waals surface area contributed by atoms with Gasteiger partial charge < -0.3 is 0 Å². The van der Waals surface area contributed by atoms with Crippen LogP contribution in [-0.2, 0) is 0 Å². The maximum absolute atomic E-state index is 5.57. The molecule has 0 aromatic heterocycles.